The number of nitrogens with zero attached hydrogens (tertiary/aromatic N) is 1. The van der Waals surface area contributed by atoms with Crippen LogP contribution in [0.1, 0.15) is 54.1 Å². The Labute approximate surface area is 158 Å². The highest BCUT2D eigenvalue weighted by atomic mass is 16.5. The molecule has 0 saturated carbocycles. The third kappa shape index (κ3) is 5.32. The minimum absolute atomic E-state index is 0.00562. The van der Waals surface area contributed by atoms with Gasteiger partial charge in [0.05, 0.1) is 18.2 Å². The fraction of sp³-hybridized carbons (Fsp3) is 0.450. The third-order valence-corrected chi connectivity index (χ3v) is 4.22. The number of ether oxygens (including phenoxy) is 1. The zero-order valence-corrected chi connectivity index (χ0v) is 16.1. The van der Waals surface area contributed by atoms with Crippen molar-refractivity contribution in [2.24, 2.45) is 5.92 Å². The first kappa shape index (κ1) is 20.5. The van der Waals surface area contributed by atoms with Crippen molar-refractivity contribution < 1.29 is 24.0 Å². The Morgan fingerprint density at radius 2 is 1.93 bits per heavy atom. The van der Waals surface area contributed by atoms with Gasteiger partial charge in [-0.2, -0.15) is 0 Å². The summed E-state index contributed by atoms with van der Waals surface area (Å²) >= 11 is 0. The second-order valence-electron chi connectivity index (χ2n) is 6.69. The lowest BCUT2D eigenvalue weighted by Crippen LogP contribution is -2.34. The lowest BCUT2D eigenvalue weighted by molar-refractivity contribution is -0.141. The number of nitrogens with one attached hydrogen (secondary N) is 1. The number of aliphatic carboxylic acids is 1. The predicted octanol–water partition coefficient (Wildman–Crippen LogP) is 3.18. The SMILES string of the molecule is CCOc1ccc(CC(CNC(=O)c2c(C)noc2C(C)C)C(=O)O)cc1. The van der Waals surface area contributed by atoms with Gasteiger partial charge in [-0.3, -0.25) is 9.59 Å². The highest BCUT2D eigenvalue weighted by Gasteiger charge is 2.25. The summed E-state index contributed by atoms with van der Waals surface area (Å²) in [6, 6.07) is 7.30. The van der Waals surface area contributed by atoms with E-state index in [1.807, 2.05) is 45.0 Å². The van der Waals surface area contributed by atoms with E-state index in [4.69, 9.17) is 9.26 Å². The van der Waals surface area contributed by atoms with Crippen LogP contribution >= 0.6 is 0 Å². The van der Waals surface area contributed by atoms with Gasteiger partial charge in [-0.05, 0) is 38.0 Å². The topological polar surface area (TPSA) is 102 Å². The molecule has 1 unspecified atom stereocenters. The standard InChI is InChI=1S/C20H26N2O5/c1-5-26-16-8-6-14(7-9-16)10-15(20(24)25)11-21-19(23)17-13(4)22-27-18(17)12(2)3/h6-9,12,15H,5,10-11H2,1-4H3,(H,21,23)(H,24,25). The summed E-state index contributed by atoms with van der Waals surface area (Å²) in [6.07, 6.45) is 0.307. The molecule has 0 bridgehead atoms. The number of hydrogen-bond donors (Lipinski definition) is 2. The van der Waals surface area contributed by atoms with Crippen LogP contribution in [0.15, 0.2) is 28.8 Å². The van der Waals surface area contributed by atoms with Gasteiger partial charge in [0.25, 0.3) is 5.91 Å². The minimum atomic E-state index is -0.963. The van der Waals surface area contributed by atoms with Crippen LogP contribution < -0.4 is 10.1 Å². The molecule has 0 spiro atoms. The number of amides is 1. The van der Waals surface area contributed by atoms with Gasteiger partial charge in [-0.25, -0.2) is 0 Å². The molecule has 2 aromatic rings. The Kier molecular flexibility index (Phi) is 6.98. The first-order valence-corrected chi connectivity index (χ1v) is 9.02. The first-order valence-electron chi connectivity index (χ1n) is 9.02. The molecule has 0 aliphatic heterocycles. The van der Waals surface area contributed by atoms with Crippen molar-refractivity contribution in [3.8, 4) is 5.75 Å². The molecule has 1 atom stereocenters. The summed E-state index contributed by atoms with van der Waals surface area (Å²) in [5.41, 5.74) is 1.74. The molecule has 0 radical (unpaired) electrons. The van der Waals surface area contributed by atoms with Crippen molar-refractivity contribution >= 4 is 11.9 Å². The molecule has 2 rings (SSSR count). The molecule has 27 heavy (non-hydrogen) atoms. The second kappa shape index (κ2) is 9.21. The lowest BCUT2D eigenvalue weighted by atomic mass is 9.98. The van der Waals surface area contributed by atoms with Crippen molar-refractivity contribution in [2.45, 2.75) is 40.0 Å². The van der Waals surface area contributed by atoms with E-state index in [2.05, 4.69) is 10.5 Å². The van der Waals surface area contributed by atoms with Crippen LogP contribution in [0, 0.1) is 12.8 Å². The van der Waals surface area contributed by atoms with Gasteiger partial charge >= 0.3 is 5.97 Å². The Bertz CT molecular complexity index is 780. The molecule has 7 nitrogen and oxygen atoms in total. The normalized spacial score (nSPS) is 12.0. The molecule has 0 fully saturated rings. The summed E-state index contributed by atoms with van der Waals surface area (Å²) in [7, 11) is 0. The smallest absolute Gasteiger partial charge is 0.308 e. The van der Waals surface area contributed by atoms with Crippen molar-refractivity contribution in [1.29, 1.82) is 0 Å². The van der Waals surface area contributed by atoms with Crippen LogP contribution in [0.5, 0.6) is 5.75 Å². The minimum Gasteiger partial charge on any atom is -0.494 e. The molecule has 0 saturated heterocycles. The van der Waals surface area contributed by atoms with Crippen molar-refractivity contribution in [2.75, 3.05) is 13.2 Å². The van der Waals surface area contributed by atoms with Crippen LogP contribution in [-0.4, -0.2) is 35.3 Å². The number of carbonyl (C=O) groups is 2. The van der Waals surface area contributed by atoms with E-state index < -0.39 is 11.9 Å². The molecule has 1 amide bonds. The van der Waals surface area contributed by atoms with Crippen LogP contribution in [0.3, 0.4) is 0 Å². The van der Waals surface area contributed by atoms with E-state index in [1.165, 1.54) is 0 Å². The van der Waals surface area contributed by atoms with Crippen LogP contribution in [0.25, 0.3) is 0 Å². The van der Waals surface area contributed by atoms with Crippen molar-refractivity contribution in [3.05, 3.63) is 46.8 Å². The predicted molar refractivity (Wildman–Crippen MR) is 100 cm³/mol. The van der Waals surface area contributed by atoms with E-state index in [9.17, 15) is 14.7 Å². The van der Waals surface area contributed by atoms with Gasteiger partial charge in [-0.1, -0.05) is 31.1 Å². The summed E-state index contributed by atoms with van der Waals surface area (Å²) in [5.74, 6) is -0.819. The molecule has 7 heteroatoms. The van der Waals surface area contributed by atoms with Crippen LogP contribution in [0.4, 0.5) is 0 Å². The zero-order valence-electron chi connectivity index (χ0n) is 16.1. The lowest BCUT2D eigenvalue weighted by Gasteiger charge is -2.14. The maximum Gasteiger partial charge on any atom is 0.308 e. The first-order chi connectivity index (χ1) is 12.8. The molecule has 146 valence electrons. The van der Waals surface area contributed by atoms with Gasteiger partial charge in [0.2, 0.25) is 0 Å². The van der Waals surface area contributed by atoms with Crippen molar-refractivity contribution in [3.63, 3.8) is 0 Å². The fourth-order valence-electron chi connectivity index (χ4n) is 2.78. The Hall–Kier alpha value is -2.83. The highest BCUT2D eigenvalue weighted by molar-refractivity contribution is 5.96. The Morgan fingerprint density at radius 3 is 2.48 bits per heavy atom. The molecule has 1 aromatic heterocycles. The molecule has 0 aliphatic rings. The number of hydrogen-bond acceptors (Lipinski definition) is 5. The Morgan fingerprint density at radius 1 is 1.26 bits per heavy atom. The number of carbonyl (C=O) groups excluding carboxylic acids is 1. The van der Waals surface area contributed by atoms with Gasteiger partial charge in [-0.15, -0.1) is 0 Å². The Balaban J connectivity index is 2.03. The van der Waals surface area contributed by atoms with E-state index >= 15 is 0 Å². The number of rotatable bonds is 9. The average molecular weight is 374 g/mol. The van der Waals surface area contributed by atoms with E-state index in [1.54, 1.807) is 6.92 Å². The summed E-state index contributed by atoms with van der Waals surface area (Å²) in [4.78, 5) is 24.1. The van der Waals surface area contributed by atoms with Crippen LogP contribution in [-0.2, 0) is 11.2 Å². The largest absolute Gasteiger partial charge is 0.494 e. The monoisotopic (exact) mass is 374 g/mol. The van der Waals surface area contributed by atoms with Gasteiger partial charge in [0.1, 0.15) is 11.3 Å². The van der Waals surface area contributed by atoms with E-state index in [0.717, 1.165) is 11.3 Å². The van der Waals surface area contributed by atoms with Crippen molar-refractivity contribution in [1.82, 2.24) is 10.5 Å². The molecule has 1 heterocycles. The number of benzene rings is 1. The maximum atomic E-state index is 12.5. The number of carboxylic acids is 1. The van der Waals surface area contributed by atoms with Gasteiger partial charge in [0, 0.05) is 12.5 Å². The highest BCUT2D eigenvalue weighted by Crippen LogP contribution is 2.22. The number of aromatic nitrogens is 1. The summed E-state index contributed by atoms with van der Waals surface area (Å²) < 4.78 is 10.6. The van der Waals surface area contributed by atoms with E-state index in [0.29, 0.717) is 30.0 Å². The average Bonchev–Trinajstić information content (AvgIpc) is 3.01. The summed E-state index contributed by atoms with van der Waals surface area (Å²) in [6.45, 7) is 8.00. The maximum absolute atomic E-state index is 12.5. The quantitative estimate of drug-likeness (QED) is 0.699. The third-order valence-electron chi connectivity index (χ3n) is 4.22. The second-order valence-corrected chi connectivity index (χ2v) is 6.69. The fourth-order valence-corrected chi connectivity index (χ4v) is 2.78. The van der Waals surface area contributed by atoms with Crippen LogP contribution in [0.2, 0.25) is 0 Å². The molecule has 1 aromatic carbocycles. The number of aryl methyl sites for hydroxylation is 1. The van der Waals surface area contributed by atoms with Gasteiger partial charge in [0.15, 0.2) is 5.76 Å². The molecule has 0 aliphatic carbocycles. The molecular formula is C20H26N2O5. The molecular weight excluding hydrogens is 348 g/mol. The molecule has 2 N–H and O–H groups in total. The summed E-state index contributed by atoms with van der Waals surface area (Å²) in [5, 5.41) is 16.1. The zero-order chi connectivity index (χ0) is 20.0. The number of carboxylic acid groups (broad SMARTS) is 1. The van der Waals surface area contributed by atoms with E-state index in [-0.39, 0.29) is 18.4 Å². The van der Waals surface area contributed by atoms with Gasteiger partial charge < -0.3 is 19.7 Å².